The number of hydrazone groups is 1. The molecular formula is C21H21N3O6. The first-order valence-corrected chi connectivity index (χ1v) is 8.80. The fourth-order valence-corrected chi connectivity index (χ4v) is 2.40. The van der Waals surface area contributed by atoms with Gasteiger partial charge in [0.1, 0.15) is 0 Å². The van der Waals surface area contributed by atoms with Gasteiger partial charge in [0.25, 0.3) is 5.91 Å². The molecule has 0 unspecified atom stereocenters. The zero-order valence-electron chi connectivity index (χ0n) is 16.9. The van der Waals surface area contributed by atoms with Crippen LogP contribution in [0.3, 0.4) is 0 Å². The summed E-state index contributed by atoms with van der Waals surface area (Å²) < 4.78 is 9.36. The molecular weight excluding hydrogens is 390 g/mol. The molecule has 0 bridgehead atoms. The van der Waals surface area contributed by atoms with Gasteiger partial charge in [0.15, 0.2) is 11.5 Å². The molecule has 156 valence electrons. The first kappa shape index (κ1) is 22.3. The molecule has 0 saturated carbocycles. The lowest BCUT2D eigenvalue weighted by Gasteiger charge is -2.11. The highest BCUT2D eigenvalue weighted by Gasteiger charge is 2.19. The molecule has 0 aliphatic heterocycles. The Kier molecular flexibility index (Phi) is 7.40. The molecule has 2 rings (SSSR count). The summed E-state index contributed by atoms with van der Waals surface area (Å²) in [5.41, 5.74) is 3.83. The zero-order chi connectivity index (χ0) is 22.3. The third-order valence-corrected chi connectivity index (χ3v) is 3.99. The Balaban J connectivity index is 2.35. The molecule has 0 spiro atoms. The van der Waals surface area contributed by atoms with Gasteiger partial charge in [-0.05, 0) is 37.3 Å². The highest BCUT2D eigenvalue weighted by atomic mass is 16.5. The minimum Gasteiger partial charge on any atom is -0.465 e. The third-order valence-electron chi connectivity index (χ3n) is 3.99. The van der Waals surface area contributed by atoms with Gasteiger partial charge >= 0.3 is 11.9 Å². The fourth-order valence-electron chi connectivity index (χ4n) is 2.40. The molecule has 0 aromatic heterocycles. The third kappa shape index (κ3) is 5.51. The number of carbonyl (C=O) groups is 4. The number of hydrogen-bond donors (Lipinski definition) is 2. The number of hydrogen-bond acceptors (Lipinski definition) is 8. The van der Waals surface area contributed by atoms with Crippen LogP contribution in [0.4, 0.5) is 11.4 Å². The molecule has 0 fully saturated rings. The van der Waals surface area contributed by atoms with E-state index >= 15 is 0 Å². The number of carbonyl (C=O) groups excluding carboxylic acids is 4. The molecule has 0 radical (unpaired) electrons. The number of nitrogens with zero attached hydrogens (tertiary/aromatic N) is 1. The van der Waals surface area contributed by atoms with Gasteiger partial charge in [0, 0.05) is 12.6 Å². The maximum absolute atomic E-state index is 12.5. The highest BCUT2D eigenvalue weighted by Crippen LogP contribution is 2.20. The molecule has 2 aromatic rings. The normalized spacial score (nSPS) is 10.7. The number of benzene rings is 2. The summed E-state index contributed by atoms with van der Waals surface area (Å²) in [4.78, 5) is 48.2. The van der Waals surface area contributed by atoms with Crippen LogP contribution in [-0.4, -0.2) is 43.6 Å². The monoisotopic (exact) mass is 411 g/mol. The first-order chi connectivity index (χ1) is 14.3. The topological polar surface area (TPSA) is 123 Å². The van der Waals surface area contributed by atoms with Gasteiger partial charge in [-0.1, -0.05) is 17.7 Å². The van der Waals surface area contributed by atoms with Gasteiger partial charge in [0.05, 0.1) is 31.0 Å². The minimum atomic E-state index is -0.734. The van der Waals surface area contributed by atoms with Gasteiger partial charge in [-0.2, -0.15) is 5.10 Å². The van der Waals surface area contributed by atoms with Crippen molar-refractivity contribution in [2.24, 2.45) is 5.10 Å². The van der Waals surface area contributed by atoms with E-state index in [0.717, 1.165) is 5.56 Å². The summed E-state index contributed by atoms with van der Waals surface area (Å²) in [6, 6.07) is 11.0. The Morgan fingerprint density at radius 1 is 0.900 bits per heavy atom. The molecule has 0 saturated heterocycles. The van der Waals surface area contributed by atoms with E-state index in [1.54, 1.807) is 24.3 Å². The summed E-state index contributed by atoms with van der Waals surface area (Å²) in [7, 11) is 2.41. The summed E-state index contributed by atoms with van der Waals surface area (Å²) in [6.07, 6.45) is 0. The Morgan fingerprint density at radius 3 is 2.10 bits per heavy atom. The van der Waals surface area contributed by atoms with E-state index in [0.29, 0.717) is 5.69 Å². The summed E-state index contributed by atoms with van der Waals surface area (Å²) in [5.74, 6) is -2.67. The smallest absolute Gasteiger partial charge is 0.340 e. The molecule has 1 amide bonds. The fraction of sp³-hybridized carbons (Fsp3) is 0.190. The number of Topliss-reactive ketones (excluding diaryl/α,β-unsaturated/α-hetero) is 1. The Bertz CT molecular complexity index is 1010. The number of ether oxygens (including phenoxy) is 2. The molecule has 0 atom stereocenters. The van der Waals surface area contributed by atoms with Crippen LogP contribution in [0.1, 0.15) is 33.2 Å². The minimum absolute atomic E-state index is 0.0516. The van der Waals surface area contributed by atoms with Gasteiger partial charge in [0.2, 0.25) is 0 Å². The number of amides is 1. The van der Waals surface area contributed by atoms with E-state index in [9.17, 15) is 19.2 Å². The molecule has 2 aromatic carbocycles. The van der Waals surface area contributed by atoms with Crippen molar-refractivity contribution < 1.29 is 28.7 Å². The SMILES string of the molecule is COC(=O)c1ccc(C(=O)OC)c(N/N=C(\C(C)=O)C(=O)Nc2ccc(C)cc2)c1. The second kappa shape index (κ2) is 9.97. The van der Waals surface area contributed by atoms with Crippen molar-refractivity contribution in [1.29, 1.82) is 0 Å². The van der Waals surface area contributed by atoms with Crippen molar-refractivity contribution in [3.63, 3.8) is 0 Å². The van der Waals surface area contributed by atoms with Crippen molar-refractivity contribution in [3.05, 3.63) is 59.2 Å². The molecule has 0 heterocycles. The van der Waals surface area contributed by atoms with Crippen LogP contribution in [0.5, 0.6) is 0 Å². The van der Waals surface area contributed by atoms with E-state index < -0.39 is 29.3 Å². The number of nitrogens with one attached hydrogen (secondary N) is 2. The average molecular weight is 411 g/mol. The van der Waals surface area contributed by atoms with Gasteiger partial charge < -0.3 is 14.8 Å². The Morgan fingerprint density at radius 2 is 1.53 bits per heavy atom. The van der Waals surface area contributed by atoms with Crippen molar-refractivity contribution in [2.75, 3.05) is 25.0 Å². The number of ketones is 1. The maximum Gasteiger partial charge on any atom is 0.340 e. The van der Waals surface area contributed by atoms with Crippen LogP contribution in [-0.2, 0) is 19.1 Å². The van der Waals surface area contributed by atoms with Crippen molar-refractivity contribution in [3.8, 4) is 0 Å². The lowest BCUT2D eigenvalue weighted by atomic mass is 10.1. The van der Waals surface area contributed by atoms with E-state index in [-0.39, 0.29) is 16.8 Å². The first-order valence-electron chi connectivity index (χ1n) is 8.80. The van der Waals surface area contributed by atoms with Crippen LogP contribution in [0.15, 0.2) is 47.6 Å². The summed E-state index contributed by atoms with van der Waals surface area (Å²) in [6.45, 7) is 3.08. The molecule has 30 heavy (non-hydrogen) atoms. The molecule has 9 nitrogen and oxygen atoms in total. The van der Waals surface area contributed by atoms with Crippen LogP contribution in [0, 0.1) is 6.92 Å². The number of esters is 2. The predicted octanol–water partition coefficient (Wildman–Crippen LogP) is 2.56. The zero-order valence-corrected chi connectivity index (χ0v) is 16.9. The maximum atomic E-state index is 12.5. The molecule has 0 aliphatic carbocycles. The second-order valence-electron chi connectivity index (χ2n) is 6.19. The predicted molar refractivity (Wildman–Crippen MR) is 111 cm³/mol. The van der Waals surface area contributed by atoms with E-state index in [1.807, 2.05) is 6.92 Å². The molecule has 9 heteroatoms. The second-order valence-corrected chi connectivity index (χ2v) is 6.19. The van der Waals surface area contributed by atoms with Gasteiger partial charge in [-0.3, -0.25) is 15.0 Å². The number of anilines is 2. The Hall–Kier alpha value is -4.01. The van der Waals surface area contributed by atoms with Crippen LogP contribution >= 0.6 is 0 Å². The van der Waals surface area contributed by atoms with E-state index in [1.165, 1.54) is 39.3 Å². The average Bonchev–Trinajstić information content (AvgIpc) is 2.74. The summed E-state index contributed by atoms with van der Waals surface area (Å²) in [5, 5.41) is 6.43. The molecule has 2 N–H and O–H groups in total. The van der Waals surface area contributed by atoms with E-state index in [2.05, 4.69) is 20.6 Å². The number of aryl methyl sites for hydroxylation is 1. The van der Waals surface area contributed by atoms with Gasteiger partial charge in [-0.25, -0.2) is 9.59 Å². The number of rotatable bonds is 7. The van der Waals surface area contributed by atoms with Crippen molar-refractivity contribution in [2.45, 2.75) is 13.8 Å². The summed E-state index contributed by atoms with van der Waals surface area (Å²) >= 11 is 0. The lowest BCUT2D eigenvalue weighted by Crippen LogP contribution is -2.29. The Labute approximate surface area is 173 Å². The lowest BCUT2D eigenvalue weighted by molar-refractivity contribution is -0.114. The highest BCUT2D eigenvalue weighted by molar-refractivity contribution is 6.67. The molecule has 0 aliphatic rings. The standard InChI is InChI=1S/C21H21N3O6/c1-12-5-8-15(9-6-12)22-19(26)18(13(2)25)24-23-17-11-14(20(27)29-3)7-10-16(17)21(28)30-4/h5-11,23H,1-4H3,(H,22,26)/b24-18+. The van der Waals surface area contributed by atoms with Crippen LogP contribution in [0.2, 0.25) is 0 Å². The largest absolute Gasteiger partial charge is 0.465 e. The van der Waals surface area contributed by atoms with E-state index in [4.69, 9.17) is 4.74 Å². The van der Waals surface area contributed by atoms with Crippen LogP contribution < -0.4 is 10.7 Å². The van der Waals surface area contributed by atoms with Crippen LogP contribution in [0.25, 0.3) is 0 Å². The van der Waals surface area contributed by atoms with Crippen molar-refractivity contribution >= 4 is 40.7 Å². The van der Waals surface area contributed by atoms with Crippen molar-refractivity contribution in [1.82, 2.24) is 0 Å². The quantitative estimate of drug-likeness (QED) is 0.311. The number of methoxy groups -OCH3 is 2. The van der Waals surface area contributed by atoms with Gasteiger partial charge in [-0.15, -0.1) is 0 Å².